The van der Waals surface area contributed by atoms with Crippen LogP contribution in [0.5, 0.6) is 0 Å². The van der Waals surface area contributed by atoms with Gasteiger partial charge in [0.25, 0.3) is 0 Å². The van der Waals surface area contributed by atoms with Crippen LogP contribution in [-0.4, -0.2) is 21.3 Å². The van der Waals surface area contributed by atoms with Crippen LogP contribution in [-0.2, 0) is 13.6 Å². The summed E-state index contributed by atoms with van der Waals surface area (Å²) >= 11 is 0. The molecule has 0 spiro atoms. The molecule has 0 atom stereocenters. The molecule has 0 aliphatic rings. The molecule has 1 heterocycles. The molecule has 0 amide bonds. The third kappa shape index (κ3) is 4.00. The second-order valence-electron chi connectivity index (χ2n) is 3.96. The van der Waals surface area contributed by atoms with E-state index in [-0.39, 0.29) is 0 Å². The average molecular weight is 210 g/mol. The Hall–Kier alpha value is -0.900. The molecular formula is C11H22N4. The smallest absolute Gasteiger partial charge is 0.146 e. The van der Waals surface area contributed by atoms with Gasteiger partial charge in [0.05, 0.1) is 6.54 Å². The van der Waals surface area contributed by atoms with E-state index in [1.807, 2.05) is 18.5 Å². The van der Waals surface area contributed by atoms with Gasteiger partial charge in [-0.3, -0.25) is 0 Å². The summed E-state index contributed by atoms with van der Waals surface area (Å²) in [6.45, 7) is 6.10. The van der Waals surface area contributed by atoms with Crippen molar-refractivity contribution in [1.29, 1.82) is 0 Å². The van der Waals surface area contributed by atoms with Gasteiger partial charge in [0.2, 0.25) is 0 Å². The van der Waals surface area contributed by atoms with Crippen LogP contribution in [0.25, 0.3) is 0 Å². The molecule has 86 valence electrons. The Morgan fingerprint density at radius 3 is 2.60 bits per heavy atom. The molecule has 1 N–H and O–H groups in total. The van der Waals surface area contributed by atoms with Crippen molar-refractivity contribution in [3.63, 3.8) is 0 Å². The van der Waals surface area contributed by atoms with Crippen molar-refractivity contribution < 1.29 is 0 Å². The quantitative estimate of drug-likeness (QED) is 0.698. The highest BCUT2D eigenvalue weighted by Gasteiger charge is 2.02. The minimum absolute atomic E-state index is 0.823. The molecule has 1 aromatic rings. The van der Waals surface area contributed by atoms with Gasteiger partial charge in [-0.25, -0.2) is 0 Å². The minimum atomic E-state index is 0.823. The Morgan fingerprint density at radius 1 is 1.20 bits per heavy atom. The van der Waals surface area contributed by atoms with Crippen LogP contribution in [0.4, 0.5) is 0 Å². The molecule has 4 heteroatoms. The van der Waals surface area contributed by atoms with Crippen LogP contribution in [0.2, 0.25) is 0 Å². The summed E-state index contributed by atoms with van der Waals surface area (Å²) in [5, 5.41) is 11.5. The van der Waals surface area contributed by atoms with Gasteiger partial charge in [0, 0.05) is 7.05 Å². The van der Waals surface area contributed by atoms with Gasteiger partial charge >= 0.3 is 0 Å². The molecule has 0 aromatic carbocycles. The first-order valence-electron chi connectivity index (χ1n) is 5.81. The maximum atomic E-state index is 4.10. The van der Waals surface area contributed by atoms with Crippen LogP contribution in [0.3, 0.4) is 0 Å². The summed E-state index contributed by atoms with van der Waals surface area (Å²) in [6, 6.07) is 0. The number of nitrogens with one attached hydrogen (secondary N) is 1. The zero-order valence-corrected chi connectivity index (χ0v) is 10.1. The zero-order chi connectivity index (χ0) is 11.1. The molecule has 0 saturated heterocycles. The summed E-state index contributed by atoms with van der Waals surface area (Å²) in [6.07, 6.45) is 5.21. The van der Waals surface area contributed by atoms with E-state index in [2.05, 4.69) is 22.4 Å². The van der Waals surface area contributed by atoms with Gasteiger partial charge in [-0.1, -0.05) is 26.2 Å². The van der Waals surface area contributed by atoms with Gasteiger partial charge in [-0.15, -0.1) is 10.2 Å². The molecule has 0 radical (unpaired) electrons. The second kappa shape index (κ2) is 6.56. The summed E-state index contributed by atoms with van der Waals surface area (Å²) in [5.74, 6) is 1.99. The van der Waals surface area contributed by atoms with E-state index in [9.17, 15) is 0 Å². The van der Waals surface area contributed by atoms with Gasteiger partial charge in [-0.2, -0.15) is 0 Å². The van der Waals surface area contributed by atoms with Gasteiger partial charge in [-0.05, 0) is 19.9 Å². The lowest BCUT2D eigenvalue weighted by Gasteiger charge is -2.04. The zero-order valence-electron chi connectivity index (χ0n) is 10.1. The van der Waals surface area contributed by atoms with Crippen LogP contribution in [0, 0.1) is 6.92 Å². The maximum Gasteiger partial charge on any atom is 0.146 e. The van der Waals surface area contributed by atoms with Crippen molar-refractivity contribution in [2.75, 3.05) is 6.54 Å². The average Bonchev–Trinajstić information content (AvgIpc) is 2.54. The van der Waals surface area contributed by atoms with E-state index in [0.29, 0.717) is 0 Å². The lowest BCUT2D eigenvalue weighted by Crippen LogP contribution is -2.17. The highest BCUT2D eigenvalue weighted by atomic mass is 15.3. The third-order valence-electron chi connectivity index (χ3n) is 2.67. The van der Waals surface area contributed by atoms with Crippen molar-refractivity contribution >= 4 is 0 Å². The van der Waals surface area contributed by atoms with Gasteiger partial charge in [0.15, 0.2) is 0 Å². The first-order chi connectivity index (χ1) is 7.25. The number of rotatable bonds is 7. The number of nitrogens with zero attached hydrogens (tertiary/aromatic N) is 3. The summed E-state index contributed by atoms with van der Waals surface area (Å²) < 4.78 is 2.03. The highest BCUT2D eigenvalue weighted by Crippen LogP contribution is 1.99. The van der Waals surface area contributed by atoms with Crippen LogP contribution in [0.1, 0.15) is 44.3 Å². The SMILES string of the molecule is CCCCCCNCc1nnc(C)n1C. The lowest BCUT2D eigenvalue weighted by molar-refractivity contribution is 0.577. The van der Waals surface area contributed by atoms with Gasteiger partial charge < -0.3 is 9.88 Å². The van der Waals surface area contributed by atoms with Crippen molar-refractivity contribution in [2.24, 2.45) is 7.05 Å². The first-order valence-corrected chi connectivity index (χ1v) is 5.81. The number of aromatic nitrogens is 3. The van der Waals surface area contributed by atoms with E-state index in [1.165, 1.54) is 25.7 Å². The number of unbranched alkanes of at least 4 members (excludes halogenated alkanes) is 3. The normalized spacial score (nSPS) is 10.9. The second-order valence-corrected chi connectivity index (χ2v) is 3.96. The van der Waals surface area contributed by atoms with Crippen molar-refractivity contribution in [2.45, 2.75) is 46.1 Å². The largest absolute Gasteiger partial charge is 0.317 e. The number of aryl methyl sites for hydroxylation is 1. The van der Waals surface area contributed by atoms with E-state index in [4.69, 9.17) is 0 Å². The molecule has 0 unspecified atom stereocenters. The molecule has 0 fully saturated rings. The minimum Gasteiger partial charge on any atom is -0.317 e. The number of hydrogen-bond acceptors (Lipinski definition) is 3. The molecule has 0 bridgehead atoms. The fourth-order valence-corrected chi connectivity index (χ4v) is 1.48. The topological polar surface area (TPSA) is 42.7 Å². The number of hydrogen-bond donors (Lipinski definition) is 1. The molecule has 0 saturated carbocycles. The molecule has 4 nitrogen and oxygen atoms in total. The molecule has 1 rings (SSSR count). The Bertz CT molecular complexity index is 280. The van der Waals surface area contributed by atoms with E-state index in [0.717, 1.165) is 24.7 Å². The van der Waals surface area contributed by atoms with E-state index >= 15 is 0 Å². The van der Waals surface area contributed by atoms with Crippen molar-refractivity contribution in [1.82, 2.24) is 20.1 Å². The molecule has 0 aliphatic carbocycles. The highest BCUT2D eigenvalue weighted by molar-refractivity contribution is 4.91. The van der Waals surface area contributed by atoms with E-state index < -0.39 is 0 Å². The van der Waals surface area contributed by atoms with Crippen molar-refractivity contribution in [3.05, 3.63) is 11.6 Å². The van der Waals surface area contributed by atoms with Crippen LogP contribution in [0.15, 0.2) is 0 Å². The predicted molar refractivity (Wildman–Crippen MR) is 61.6 cm³/mol. The fourth-order valence-electron chi connectivity index (χ4n) is 1.48. The molecule has 1 aromatic heterocycles. The monoisotopic (exact) mass is 210 g/mol. The Labute approximate surface area is 92.1 Å². The lowest BCUT2D eigenvalue weighted by atomic mass is 10.2. The molecule has 0 aliphatic heterocycles. The van der Waals surface area contributed by atoms with Crippen LogP contribution >= 0.6 is 0 Å². The van der Waals surface area contributed by atoms with Crippen LogP contribution < -0.4 is 5.32 Å². The summed E-state index contributed by atoms with van der Waals surface area (Å²) in [5.41, 5.74) is 0. The predicted octanol–water partition coefficient (Wildman–Crippen LogP) is 1.79. The standard InChI is InChI=1S/C11H22N4/c1-4-5-6-7-8-12-9-11-14-13-10(2)15(11)3/h12H,4-9H2,1-3H3. The van der Waals surface area contributed by atoms with E-state index in [1.54, 1.807) is 0 Å². The van der Waals surface area contributed by atoms with Gasteiger partial charge in [0.1, 0.15) is 11.6 Å². The Morgan fingerprint density at radius 2 is 2.00 bits per heavy atom. The third-order valence-corrected chi connectivity index (χ3v) is 2.67. The molecule has 15 heavy (non-hydrogen) atoms. The summed E-state index contributed by atoms with van der Waals surface area (Å²) in [7, 11) is 2.00. The fraction of sp³-hybridized carbons (Fsp3) is 0.818. The van der Waals surface area contributed by atoms with Crippen molar-refractivity contribution in [3.8, 4) is 0 Å². The Kier molecular flexibility index (Phi) is 5.32. The molecular weight excluding hydrogens is 188 g/mol. The Balaban J connectivity index is 2.12. The first kappa shape index (κ1) is 12.2. The summed E-state index contributed by atoms with van der Waals surface area (Å²) in [4.78, 5) is 0. The maximum absolute atomic E-state index is 4.10.